The highest BCUT2D eigenvalue weighted by Gasteiger charge is 2.41. The molecule has 1 fully saturated rings. The number of furan rings is 1. The molecule has 3 heterocycles. The van der Waals surface area contributed by atoms with E-state index in [1.165, 1.54) is 0 Å². The van der Waals surface area contributed by atoms with Crippen LogP contribution in [0, 0.1) is 26.7 Å². The molecule has 1 saturated carbocycles. The van der Waals surface area contributed by atoms with Crippen molar-refractivity contribution in [2.24, 2.45) is 5.92 Å². The highest BCUT2D eigenvalue weighted by molar-refractivity contribution is 5.87. The molecule has 0 bridgehead atoms. The van der Waals surface area contributed by atoms with Gasteiger partial charge < -0.3 is 30.4 Å². The fourth-order valence-corrected chi connectivity index (χ4v) is 4.41. The first-order chi connectivity index (χ1) is 15.2. The quantitative estimate of drug-likeness (QED) is 0.391. The molecule has 0 aromatic carbocycles. The van der Waals surface area contributed by atoms with Gasteiger partial charge in [0.05, 0.1) is 29.1 Å². The summed E-state index contributed by atoms with van der Waals surface area (Å²) in [5.41, 5.74) is 3.80. The first kappa shape index (κ1) is 22.4. The molecule has 5 N–H and O–H groups in total. The Hall–Kier alpha value is -2.75. The van der Waals surface area contributed by atoms with Gasteiger partial charge in [-0.05, 0) is 53.2 Å². The Balaban J connectivity index is 1.80. The number of hydrogen-bond acceptors (Lipinski definition) is 9. The second-order valence-corrected chi connectivity index (χ2v) is 8.94. The maximum Gasteiger partial charge on any atom is 0.225 e. The average molecular weight is 442 g/mol. The third kappa shape index (κ3) is 4.15. The van der Waals surface area contributed by atoms with Gasteiger partial charge in [0, 0.05) is 29.6 Å². The van der Waals surface area contributed by atoms with Crippen molar-refractivity contribution in [2.45, 2.75) is 65.3 Å². The summed E-state index contributed by atoms with van der Waals surface area (Å²) >= 11 is 0. The van der Waals surface area contributed by atoms with Crippen LogP contribution in [0.25, 0.3) is 22.3 Å². The van der Waals surface area contributed by atoms with Crippen LogP contribution in [0.3, 0.4) is 0 Å². The highest BCUT2D eigenvalue weighted by Crippen LogP contribution is 2.37. The molecule has 0 unspecified atom stereocenters. The molecule has 0 aliphatic heterocycles. The second-order valence-electron chi connectivity index (χ2n) is 8.94. The number of pyridine rings is 1. The van der Waals surface area contributed by atoms with Gasteiger partial charge in [-0.1, -0.05) is 0 Å². The van der Waals surface area contributed by atoms with Gasteiger partial charge in [0.1, 0.15) is 17.7 Å². The molecule has 1 aliphatic rings. The van der Waals surface area contributed by atoms with Crippen molar-refractivity contribution < 1.29 is 19.7 Å². The van der Waals surface area contributed by atoms with E-state index in [2.05, 4.69) is 25.6 Å². The third-order valence-corrected chi connectivity index (χ3v) is 5.91. The highest BCUT2D eigenvalue weighted by atomic mass is 16.3. The van der Waals surface area contributed by atoms with Crippen LogP contribution in [0.2, 0.25) is 0 Å². The molecule has 3 aromatic heterocycles. The SMILES string of the molecule is Cc1cc2cc(-c3c(C)nc(NC(C)C)nc3N[C@@H]3C[C@H](CO)[C@@H](O)[C@H]3O)oc2c(C)n1. The average Bonchev–Trinajstić information content (AvgIpc) is 3.23. The molecule has 0 spiro atoms. The Morgan fingerprint density at radius 2 is 1.81 bits per heavy atom. The summed E-state index contributed by atoms with van der Waals surface area (Å²) in [5.74, 6) is 1.15. The third-order valence-electron chi connectivity index (χ3n) is 5.91. The van der Waals surface area contributed by atoms with E-state index in [0.29, 0.717) is 40.8 Å². The van der Waals surface area contributed by atoms with Gasteiger partial charge >= 0.3 is 0 Å². The molecule has 0 amide bonds. The van der Waals surface area contributed by atoms with E-state index in [4.69, 9.17) is 4.42 Å². The van der Waals surface area contributed by atoms with Gasteiger partial charge in [0.15, 0.2) is 5.58 Å². The molecule has 0 saturated heterocycles. The number of rotatable bonds is 6. The lowest BCUT2D eigenvalue weighted by Gasteiger charge is -2.21. The summed E-state index contributed by atoms with van der Waals surface area (Å²) in [6.45, 7) is 9.54. The summed E-state index contributed by atoms with van der Waals surface area (Å²) in [7, 11) is 0. The molecule has 9 heteroatoms. The molecule has 0 radical (unpaired) electrons. The monoisotopic (exact) mass is 441 g/mol. The molecule has 4 atom stereocenters. The lowest BCUT2D eigenvalue weighted by molar-refractivity contribution is 0.00446. The van der Waals surface area contributed by atoms with Crippen molar-refractivity contribution in [3.63, 3.8) is 0 Å². The van der Waals surface area contributed by atoms with Crippen molar-refractivity contribution in [1.29, 1.82) is 0 Å². The number of hydrogen-bond donors (Lipinski definition) is 5. The number of fused-ring (bicyclic) bond motifs is 1. The predicted molar refractivity (Wildman–Crippen MR) is 123 cm³/mol. The summed E-state index contributed by atoms with van der Waals surface area (Å²) in [6, 6.07) is 3.57. The van der Waals surface area contributed by atoms with Gasteiger partial charge in [0.25, 0.3) is 0 Å². The number of aromatic nitrogens is 3. The van der Waals surface area contributed by atoms with Gasteiger partial charge in [-0.15, -0.1) is 0 Å². The molecule has 32 heavy (non-hydrogen) atoms. The van der Waals surface area contributed by atoms with Gasteiger partial charge in [-0.2, -0.15) is 4.98 Å². The number of aliphatic hydroxyl groups excluding tert-OH is 3. The van der Waals surface area contributed by atoms with Crippen molar-refractivity contribution in [3.05, 3.63) is 29.2 Å². The van der Waals surface area contributed by atoms with Crippen molar-refractivity contribution in [1.82, 2.24) is 15.0 Å². The Morgan fingerprint density at radius 1 is 1.06 bits per heavy atom. The minimum Gasteiger partial charge on any atom is -0.454 e. The van der Waals surface area contributed by atoms with Gasteiger partial charge in [-0.3, -0.25) is 4.98 Å². The predicted octanol–water partition coefficient (Wildman–Crippen LogP) is 2.54. The van der Waals surface area contributed by atoms with E-state index in [1.807, 2.05) is 46.8 Å². The Morgan fingerprint density at radius 3 is 2.47 bits per heavy atom. The van der Waals surface area contributed by atoms with Gasteiger partial charge in [0.2, 0.25) is 5.95 Å². The van der Waals surface area contributed by atoms with Crippen LogP contribution in [0.5, 0.6) is 0 Å². The van der Waals surface area contributed by atoms with E-state index in [9.17, 15) is 15.3 Å². The lowest BCUT2D eigenvalue weighted by Crippen LogP contribution is -2.35. The maximum absolute atomic E-state index is 10.5. The second kappa shape index (κ2) is 8.65. The maximum atomic E-state index is 10.5. The van der Waals surface area contributed by atoms with E-state index in [-0.39, 0.29) is 12.6 Å². The number of nitrogens with zero attached hydrogens (tertiary/aromatic N) is 3. The van der Waals surface area contributed by atoms with Crippen LogP contribution in [0.1, 0.15) is 37.4 Å². The smallest absolute Gasteiger partial charge is 0.225 e. The van der Waals surface area contributed by atoms with Crippen LogP contribution in [0.15, 0.2) is 16.5 Å². The summed E-state index contributed by atoms with van der Waals surface area (Å²) in [4.78, 5) is 13.8. The summed E-state index contributed by atoms with van der Waals surface area (Å²) in [5, 5.41) is 37.8. The first-order valence-electron chi connectivity index (χ1n) is 10.9. The van der Waals surface area contributed by atoms with Crippen LogP contribution in [-0.4, -0.2) is 61.2 Å². The van der Waals surface area contributed by atoms with Gasteiger partial charge in [-0.25, -0.2) is 4.98 Å². The van der Waals surface area contributed by atoms with Crippen LogP contribution in [0.4, 0.5) is 11.8 Å². The zero-order valence-corrected chi connectivity index (χ0v) is 19.0. The van der Waals surface area contributed by atoms with E-state index < -0.39 is 24.2 Å². The van der Waals surface area contributed by atoms with E-state index >= 15 is 0 Å². The number of aryl methyl sites for hydroxylation is 3. The van der Waals surface area contributed by atoms with Crippen LogP contribution < -0.4 is 10.6 Å². The van der Waals surface area contributed by atoms with Crippen molar-refractivity contribution in [3.8, 4) is 11.3 Å². The molecular weight excluding hydrogens is 410 g/mol. The largest absolute Gasteiger partial charge is 0.454 e. The topological polar surface area (TPSA) is 137 Å². The lowest BCUT2D eigenvalue weighted by atomic mass is 10.1. The Bertz CT molecular complexity index is 1130. The summed E-state index contributed by atoms with van der Waals surface area (Å²) in [6.07, 6.45) is -1.61. The molecule has 9 nitrogen and oxygen atoms in total. The molecule has 172 valence electrons. The van der Waals surface area contributed by atoms with E-state index in [0.717, 1.165) is 16.8 Å². The molecule has 1 aliphatic carbocycles. The number of nitrogens with one attached hydrogen (secondary N) is 2. The first-order valence-corrected chi connectivity index (χ1v) is 10.9. The molecular formula is C23H31N5O4. The van der Waals surface area contributed by atoms with Crippen molar-refractivity contribution in [2.75, 3.05) is 17.2 Å². The number of anilines is 2. The molecule has 3 aromatic rings. The zero-order chi connectivity index (χ0) is 23.2. The normalized spacial score (nSPS) is 23.3. The molecule has 4 rings (SSSR count). The minimum absolute atomic E-state index is 0.133. The van der Waals surface area contributed by atoms with E-state index in [1.54, 1.807) is 0 Å². The fourth-order valence-electron chi connectivity index (χ4n) is 4.41. The van der Waals surface area contributed by atoms with Crippen LogP contribution >= 0.6 is 0 Å². The fraction of sp³-hybridized carbons (Fsp3) is 0.522. The minimum atomic E-state index is -1.03. The zero-order valence-electron chi connectivity index (χ0n) is 19.0. The number of aliphatic hydroxyl groups is 3. The van der Waals surface area contributed by atoms with Crippen LogP contribution in [-0.2, 0) is 0 Å². The standard InChI is InChI=1S/C23H31N5O4/c1-10(2)24-23-26-12(4)18(17-8-14-6-11(3)25-13(5)21(14)32-17)22(28-23)27-16-7-15(9-29)19(30)20(16)31/h6,8,10,15-16,19-20,29-31H,7,9H2,1-5H3,(H2,24,26,27,28)/t15-,16-,19-,20+/m1/s1. The Labute approximate surface area is 186 Å². The summed E-state index contributed by atoms with van der Waals surface area (Å²) < 4.78 is 6.18. The van der Waals surface area contributed by atoms with Crippen molar-refractivity contribution >= 4 is 22.7 Å². The Kier molecular flexibility index (Phi) is 6.07.